The number of carboxylic acids is 1. The van der Waals surface area contributed by atoms with E-state index < -0.39 is 5.97 Å². The van der Waals surface area contributed by atoms with E-state index in [1.54, 1.807) is 12.3 Å². The summed E-state index contributed by atoms with van der Waals surface area (Å²) in [5, 5.41) is 9.35. The van der Waals surface area contributed by atoms with Crippen LogP contribution in [0.25, 0.3) is 10.9 Å². The van der Waals surface area contributed by atoms with Crippen LogP contribution in [0.5, 0.6) is 0 Å². The molecule has 0 saturated carbocycles. The maximum atomic E-state index is 10.7. The average Bonchev–Trinajstić information content (AvgIpc) is 2.18. The normalized spacial score (nSPS) is 10.3. The Morgan fingerprint density at radius 1 is 1.43 bits per heavy atom. The fraction of sp³-hybridized carbons (Fsp3) is 0. The first kappa shape index (κ1) is 8.43. The molecule has 0 saturated heterocycles. The highest BCUT2D eigenvalue weighted by atomic mass is 16.4. The van der Waals surface area contributed by atoms with Crippen molar-refractivity contribution in [1.29, 1.82) is 0 Å². The highest BCUT2D eigenvalue weighted by molar-refractivity contribution is 6.02. The lowest BCUT2D eigenvalue weighted by Gasteiger charge is -2.03. The molecule has 0 aliphatic carbocycles. The Balaban J connectivity index is 2.81. The molecule has 0 spiro atoms. The van der Waals surface area contributed by atoms with Crippen LogP contribution in [0.1, 0.15) is 10.4 Å². The van der Waals surface area contributed by atoms with Gasteiger partial charge in [0.05, 0.1) is 11.2 Å². The van der Waals surface area contributed by atoms with Crippen molar-refractivity contribution in [1.82, 2.24) is 9.97 Å². The summed E-state index contributed by atoms with van der Waals surface area (Å²) in [7, 11) is 0. The van der Waals surface area contributed by atoms with E-state index >= 15 is 0 Å². The van der Waals surface area contributed by atoms with Gasteiger partial charge in [0.15, 0.2) is 0 Å². The van der Waals surface area contributed by atoms with Gasteiger partial charge in [0.25, 0.3) is 0 Å². The molecule has 14 heavy (non-hydrogen) atoms. The van der Waals surface area contributed by atoms with Crippen LogP contribution in [0.15, 0.2) is 24.7 Å². The van der Waals surface area contributed by atoms with Gasteiger partial charge in [-0.3, -0.25) is 9.97 Å². The number of rotatable bonds is 1. The molecule has 2 rings (SSSR count). The number of anilines is 1. The van der Waals surface area contributed by atoms with Crippen LogP contribution in [0.4, 0.5) is 5.69 Å². The van der Waals surface area contributed by atoms with E-state index in [-0.39, 0.29) is 11.3 Å². The lowest BCUT2D eigenvalue weighted by Crippen LogP contribution is -2.04. The summed E-state index contributed by atoms with van der Waals surface area (Å²) in [5.74, 6) is -1.08. The summed E-state index contributed by atoms with van der Waals surface area (Å²) >= 11 is 0. The molecule has 0 aliphatic heterocycles. The van der Waals surface area contributed by atoms with Crippen molar-refractivity contribution in [3.63, 3.8) is 0 Å². The molecule has 2 aromatic rings. The lowest BCUT2D eigenvalue weighted by atomic mass is 10.1. The molecule has 0 fully saturated rings. The molecule has 3 N–H and O–H groups in total. The van der Waals surface area contributed by atoms with Gasteiger partial charge in [0.2, 0.25) is 0 Å². The third kappa shape index (κ3) is 1.15. The SMILES string of the molecule is Nc1c(C(=O)O)cnc2ccncc12. The van der Waals surface area contributed by atoms with Crippen molar-refractivity contribution < 1.29 is 9.90 Å². The van der Waals surface area contributed by atoms with Crippen molar-refractivity contribution in [3.05, 3.63) is 30.2 Å². The van der Waals surface area contributed by atoms with Gasteiger partial charge in [-0.1, -0.05) is 0 Å². The van der Waals surface area contributed by atoms with Crippen molar-refractivity contribution in [3.8, 4) is 0 Å². The van der Waals surface area contributed by atoms with Gasteiger partial charge in [0.1, 0.15) is 5.56 Å². The van der Waals surface area contributed by atoms with E-state index in [1.165, 1.54) is 12.4 Å². The number of hydrogen-bond acceptors (Lipinski definition) is 4. The summed E-state index contributed by atoms with van der Waals surface area (Å²) in [6, 6.07) is 1.68. The molecular formula is C9H7N3O2. The third-order valence-electron chi connectivity index (χ3n) is 1.94. The Kier molecular flexibility index (Phi) is 1.78. The predicted octanol–water partition coefficient (Wildman–Crippen LogP) is 0.910. The van der Waals surface area contributed by atoms with Crippen LogP contribution in [0.3, 0.4) is 0 Å². The van der Waals surface area contributed by atoms with E-state index in [0.29, 0.717) is 10.9 Å². The van der Waals surface area contributed by atoms with Gasteiger partial charge in [-0.25, -0.2) is 4.79 Å². The third-order valence-corrected chi connectivity index (χ3v) is 1.94. The fourth-order valence-corrected chi connectivity index (χ4v) is 1.23. The lowest BCUT2D eigenvalue weighted by molar-refractivity contribution is 0.0698. The maximum Gasteiger partial charge on any atom is 0.339 e. The molecule has 5 nitrogen and oxygen atoms in total. The van der Waals surface area contributed by atoms with E-state index in [0.717, 1.165) is 0 Å². The van der Waals surface area contributed by atoms with Gasteiger partial charge < -0.3 is 10.8 Å². The molecule has 0 aliphatic rings. The minimum Gasteiger partial charge on any atom is -0.478 e. The van der Waals surface area contributed by atoms with Gasteiger partial charge in [-0.2, -0.15) is 0 Å². The van der Waals surface area contributed by atoms with Crippen LogP contribution in [-0.4, -0.2) is 21.0 Å². The Labute approximate surface area is 79.2 Å². The van der Waals surface area contributed by atoms with Gasteiger partial charge in [-0.05, 0) is 6.07 Å². The molecule has 70 valence electrons. The van der Waals surface area contributed by atoms with E-state index in [1.807, 2.05) is 0 Å². The standard InChI is InChI=1S/C9H7N3O2/c10-8-5-3-11-2-1-7(5)12-4-6(8)9(13)14/h1-4H,(H2,10,12)(H,13,14). The number of aromatic nitrogens is 2. The van der Waals surface area contributed by atoms with Crippen LogP contribution < -0.4 is 5.73 Å². The zero-order chi connectivity index (χ0) is 10.1. The molecule has 2 heterocycles. The Hall–Kier alpha value is -2.17. The van der Waals surface area contributed by atoms with Crippen molar-refractivity contribution >= 4 is 22.6 Å². The largest absolute Gasteiger partial charge is 0.478 e. The number of hydrogen-bond donors (Lipinski definition) is 2. The topological polar surface area (TPSA) is 89.1 Å². The van der Waals surface area contributed by atoms with Crippen molar-refractivity contribution in [2.45, 2.75) is 0 Å². The molecule has 0 unspecified atom stereocenters. The first-order chi connectivity index (χ1) is 6.70. The zero-order valence-electron chi connectivity index (χ0n) is 7.14. The number of nitrogens with two attached hydrogens (primary N) is 1. The highest BCUT2D eigenvalue weighted by Gasteiger charge is 2.11. The number of carboxylic acid groups (broad SMARTS) is 1. The number of carbonyl (C=O) groups is 1. The maximum absolute atomic E-state index is 10.7. The number of aromatic carboxylic acids is 1. The van der Waals surface area contributed by atoms with Gasteiger partial charge >= 0.3 is 5.97 Å². The Morgan fingerprint density at radius 3 is 2.93 bits per heavy atom. The quantitative estimate of drug-likeness (QED) is 0.695. The minimum absolute atomic E-state index is 0.00509. The second kappa shape index (κ2) is 2.95. The van der Waals surface area contributed by atoms with E-state index in [9.17, 15) is 4.79 Å². The molecular weight excluding hydrogens is 182 g/mol. The first-order valence-electron chi connectivity index (χ1n) is 3.91. The molecule has 0 atom stereocenters. The summed E-state index contributed by atoms with van der Waals surface area (Å²) in [4.78, 5) is 18.5. The van der Waals surface area contributed by atoms with Crippen molar-refractivity contribution in [2.24, 2.45) is 0 Å². The number of nitrogen functional groups attached to an aromatic ring is 1. The predicted molar refractivity (Wildman–Crippen MR) is 50.9 cm³/mol. The number of pyridine rings is 2. The van der Waals surface area contributed by atoms with Crippen LogP contribution in [0.2, 0.25) is 0 Å². The number of nitrogens with zero attached hydrogens (tertiary/aromatic N) is 2. The molecule has 0 aromatic carbocycles. The monoisotopic (exact) mass is 189 g/mol. The van der Waals surface area contributed by atoms with Gasteiger partial charge in [0, 0.05) is 24.0 Å². The molecule has 2 aromatic heterocycles. The Morgan fingerprint density at radius 2 is 2.21 bits per heavy atom. The van der Waals surface area contributed by atoms with E-state index in [4.69, 9.17) is 10.8 Å². The highest BCUT2D eigenvalue weighted by Crippen LogP contribution is 2.21. The fourth-order valence-electron chi connectivity index (χ4n) is 1.23. The van der Waals surface area contributed by atoms with Gasteiger partial charge in [-0.15, -0.1) is 0 Å². The summed E-state index contributed by atoms with van der Waals surface area (Å²) < 4.78 is 0. The average molecular weight is 189 g/mol. The zero-order valence-corrected chi connectivity index (χ0v) is 7.14. The molecule has 0 amide bonds. The number of fused-ring (bicyclic) bond motifs is 1. The minimum atomic E-state index is -1.08. The van der Waals surface area contributed by atoms with Crippen LogP contribution >= 0.6 is 0 Å². The smallest absolute Gasteiger partial charge is 0.339 e. The van der Waals surface area contributed by atoms with Crippen molar-refractivity contribution in [2.75, 3.05) is 5.73 Å². The molecule has 5 heteroatoms. The summed E-state index contributed by atoms with van der Waals surface area (Å²) in [5.41, 5.74) is 6.51. The second-order valence-electron chi connectivity index (χ2n) is 2.78. The molecule has 0 bridgehead atoms. The van der Waals surface area contributed by atoms with Crippen LogP contribution in [-0.2, 0) is 0 Å². The van der Waals surface area contributed by atoms with E-state index in [2.05, 4.69) is 9.97 Å². The summed E-state index contributed by atoms with van der Waals surface area (Å²) in [6.45, 7) is 0. The van der Waals surface area contributed by atoms with Crippen LogP contribution in [0, 0.1) is 0 Å². The Bertz CT molecular complexity index is 510. The second-order valence-corrected chi connectivity index (χ2v) is 2.78. The first-order valence-corrected chi connectivity index (χ1v) is 3.91. The summed E-state index contributed by atoms with van der Waals surface area (Å²) in [6.07, 6.45) is 4.33. The molecule has 0 radical (unpaired) electrons.